The predicted octanol–water partition coefficient (Wildman–Crippen LogP) is 3.11. The van der Waals surface area contributed by atoms with Gasteiger partial charge in [-0.1, -0.05) is 19.4 Å². The lowest BCUT2D eigenvalue weighted by atomic mass is 10.2. The van der Waals surface area contributed by atoms with Gasteiger partial charge in [0.2, 0.25) is 0 Å². The molecule has 0 radical (unpaired) electrons. The third kappa shape index (κ3) is 3.59. The van der Waals surface area contributed by atoms with Crippen LogP contribution >= 0.6 is 15.9 Å². The first kappa shape index (κ1) is 13.2. The number of hydrogen-bond acceptors (Lipinski definition) is 2. The fraction of sp³-hybridized carbons (Fsp3) is 0.500. The molecular formula is C12H17BrN2O. The SMILES string of the molecule is CCCCN(CC)C(=O)c1cccc(Br)n1. The van der Waals surface area contributed by atoms with Crippen molar-refractivity contribution in [2.75, 3.05) is 13.1 Å². The highest BCUT2D eigenvalue weighted by Crippen LogP contribution is 2.09. The van der Waals surface area contributed by atoms with Crippen LogP contribution in [0, 0.1) is 0 Å². The molecule has 1 rings (SSSR count). The van der Waals surface area contributed by atoms with E-state index in [1.54, 1.807) is 6.07 Å². The highest BCUT2D eigenvalue weighted by Gasteiger charge is 2.14. The maximum absolute atomic E-state index is 12.1. The minimum absolute atomic E-state index is 0.0113. The van der Waals surface area contributed by atoms with Crippen LogP contribution in [-0.2, 0) is 0 Å². The summed E-state index contributed by atoms with van der Waals surface area (Å²) in [6, 6.07) is 5.40. The Balaban J connectivity index is 2.74. The van der Waals surface area contributed by atoms with Crippen LogP contribution in [0.15, 0.2) is 22.8 Å². The van der Waals surface area contributed by atoms with Crippen LogP contribution in [0.25, 0.3) is 0 Å². The Morgan fingerprint density at radius 2 is 2.19 bits per heavy atom. The van der Waals surface area contributed by atoms with Crippen molar-refractivity contribution in [1.82, 2.24) is 9.88 Å². The van der Waals surface area contributed by atoms with Gasteiger partial charge < -0.3 is 4.90 Å². The number of aromatic nitrogens is 1. The normalized spacial score (nSPS) is 10.2. The Kier molecular flexibility index (Phi) is 5.46. The van der Waals surface area contributed by atoms with E-state index in [0.29, 0.717) is 10.3 Å². The smallest absolute Gasteiger partial charge is 0.272 e. The quantitative estimate of drug-likeness (QED) is 0.779. The van der Waals surface area contributed by atoms with Gasteiger partial charge in [0.1, 0.15) is 10.3 Å². The third-order valence-corrected chi connectivity index (χ3v) is 2.83. The van der Waals surface area contributed by atoms with Gasteiger partial charge in [0.15, 0.2) is 0 Å². The van der Waals surface area contributed by atoms with Crippen LogP contribution in [0.3, 0.4) is 0 Å². The Labute approximate surface area is 105 Å². The number of pyridine rings is 1. The van der Waals surface area contributed by atoms with Crippen LogP contribution in [0.2, 0.25) is 0 Å². The molecule has 0 saturated heterocycles. The first-order valence-electron chi connectivity index (χ1n) is 5.60. The molecule has 0 spiro atoms. The van der Waals surface area contributed by atoms with Gasteiger partial charge in [-0.05, 0) is 41.4 Å². The number of carbonyl (C=O) groups is 1. The fourth-order valence-corrected chi connectivity index (χ4v) is 1.79. The van der Waals surface area contributed by atoms with Crippen molar-refractivity contribution in [2.45, 2.75) is 26.7 Å². The largest absolute Gasteiger partial charge is 0.338 e. The van der Waals surface area contributed by atoms with Gasteiger partial charge in [0.05, 0.1) is 0 Å². The van der Waals surface area contributed by atoms with E-state index in [1.165, 1.54) is 0 Å². The van der Waals surface area contributed by atoms with Crippen LogP contribution in [0.1, 0.15) is 37.2 Å². The third-order valence-electron chi connectivity index (χ3n) is 2.38. The van der Waals surface area contributed by atoms with E-state index in [9.17, 15) is 4.79 Å². The molecule has 0 bridgehead atoms. The average Bonchev–Trinajstić information content (AvgIpc) is 2.29. The molecule has 0 atom stereocenters. The Bertz CT molecular complexity index is 355. The molecule has 0 aliphatic rings. The molecule has 0 aromatic carbocycles. The zero-order valence-electron chi connectivity index (χ0n) is 9.74. The number of amides is 1. The summed E-state index contributed by atoms with van der Waals surface area (Å²) in [4.78, 5) is 18.1. The van der Waals surface area contributed by atoms with Crippen LogP contribution < -0.4 is 0 Å². The lowest BCUT2D eigenvalue weighted by Crippen LogP contribution is -2.32. The summed E-state index contributed by atoms with van der Waals surface area (Å²) in [5.74, 6) is 0.0113. The van der Waals surface area contributed by atoms with Gasteiger partial charge in [-0.25, -0.2) is 4.98 Å². The van der Waals surface area contributed by atoms with Crippen LogP contribution in [0.4, 0.5) is 0 Å². The molecule has 0 N–H and O–H groups in total. The van der Waals surface area contributed by atoms with E-state index < -0.39 is 0 Å². The summed E-state index contributed by atoms with van der Waals surface area (Å²) in [5, 5.41) is 0. The van der Waals surface area contributed by atoms with E-state index in [0.717, 1.165) is 25.9 Å². The zero-order chi connectivity index (χ0) is 12.0. The molecular weight excluding hydrogens is 268 g/mol. The second-order valence-corrected chi connectivity index (χ2v) is 4.40. The number of halogens is 1. The van der Waals surface area contributed by atoms with Crippen molar-refractivity contribution in [3.63, 3.8) is 0 Å². The summed E-state index contributed by atoms with van der Waals surface area (Å²) in [5.41, 5.74) is 0.507. The Morgan fingerprint density at radius 3 is 2.75 bits per heavy atom. The molecule has 0 saturated carbocycles. The molecule has 0 fully saturated rings. The Hall–Kier alpha value is -0.900. The molecule has 0 aliphatic heterocycles. The first-order chi connectivity index (χ1) is 7.69. The molecule has 4 heteroatoms. The van der Waals surface area contributed by atoms with Gasteiger partial charge in [-0.15, -0.1) is 0 Å². The van der Waals surface area contributed by atoms with Gasteiger partial charge >= 0.3 is 0 Å². The lowest BCUT2D eigenvalue weighted by molar-refractivity contribution is 0.0756. The second-order valence-electron chi connectivity index (χ2n) is 3.58. The van der Waals surface area contributed by atoms with E-state index in [4.69, 9.17) is 0 Å². The molecule has 3 nitrogen and oxygen atoms in total. The molecule has 16 heavy (non-hydrogen) atoms. The monoisotopic (exact) mass is 284 g/mol. The van der Waals surface area contributed by atoms with E-state index in [2.05, 4.69) is 27.8 Å². The molecule has 1 amide bonds. The fourth-order valence-electron chi connectivity index (χ4n) is 1.44. The zero-order valence-corrected chi connectivity index (χ0v) is 11.3. The predicted molar refractivity (Wildman–Crippen MR) is 68.4 cm³/mol. The molecule has 1 aromatic rings. The van der Waals surface area contributed by atoms with Crippen molar-refractivity contribution >= 4 is 21.8 Å². The molecule has 1 aromatic heterocycles. The average molecular weight is 285 g/mol. The highest BCUT2D eigenvalue weighted by molar-refractivity contribution is 9.10. The molecule has 88 valence electrons. The highest BCUT2D eigenvalue weighted by atomic mass is 79.9. The van der Waals surface area contributed by atoms with Crippen molar-refractivity contribution in [1.29, 1.82) is 0 Å². The number of rotatable bonds is 5. The lowest BCUT2D eigenvalue weighted by Gasteiger charge is -2.20. The molecule has 0 unspecified atom stereocenters. The topological polar surface area (TPSA) is 33.2 Å². The first-order valence-corrected chi connectivity index (χ1v) is 6.40. The maximum Gasteiger partial charge on any atom is 0.272 e. The van der Waals surface area contributed by atoms with Crippen molar-refractivity contribution in [3.8, 4) is 0 Å². The second kappa shape index (κ2) is 6.63. The number of nitrogens with zero attached hydrogens (tertiary/aromatic N) is 2. The van der Waals surface area contributed by atoms with Crippen LogP contribution in [0.5, 0.6) is 0 Å². The number of hydrogen-bond donors (Lipinski definition) is 0. The summed E-state index contributed by atoms with van der Waals surface area (Å²) in [6.07, 6.45) is 2.13. The number of carbonyl (C=O) groups excluding carboxylic acids is 1. The summed E-state index contributed by atoms with van der Waals surface area (Å²) < 4.78 is 0.699. The minimum atomic E-state index is 0.0113. The van der Waals surface area contributed by atoms with Crippen molar-refractivity contribution < 1.29 is 4.79 Å². The van der Waals surface area contributed by atoms with Crippen LogP contribution in [-0.4, -0.2) is 28.9 Å². The van der Waals surface area contributed by atoms with Crippen molar-refractivity contribution in [2.24, 2.45) is 0 Å². The summed E-state index contributed by atoms with van der Waals surface area (Å²) in [7, 11) is 0. The van der Waals surface area contributed by atoms with E-state index in [-0.39, 0.29) is 5.91 Å². The van der Waals surface area contributed by atoms with E-state index >= 15 is 0 Å². The van der Waals surface area contributed by atoms with Gasteiger partial charge in [0.25, 0.3) is 5.91 Å². The summed E-state index contributed by atoms with van der Waals surface area (Å²) in [6.45, 7) is 5.65. The maximum atomic E-state index is 12.1. The van der Waals surface area contributed by atoms with Gasteiger partial charge in [0, 0.05) is 13.1 Å². The standard InChI is InChI=1S/C12H17BrN2O/c1-3-5-9-15(4-2)12(16)10-7-6-8-11(13)14-10/h6-8H,3-5,9H2,1-2H3. The summed E-state index contributed by atoms with van der Waals surface area (Å²) >= 11 is 3.27. The van der Waals surface area contributed by atoms with Crippen molar-refractivity contribution in [3.05, 3.63) is 28.5 Å². The minimum Gasteiger partial charge on any atom is -0.338 e. The van der Waals surface area contributed by atoms with E-state index in [1.807, 2.05) is 24.0 Å². The molecule has 0 aliphatic carbocycles. The van der Waals surface area contributed by atoms with Gasteiger partial charge in [-0.3, -0.25) is 4.79 Å². The Morgan fingerprint density at radius 1 is 1.44 bits per heavy atom. The molecule has 1 heterocycles. The number of unbranched alkanes of at least 4 members (excludes halogenated alkanes) is 1. The van der Waals surface area contributed by atoms with Gasteiger partial charge in [-0.2, -0.15) is 0 Å².